The van der Waals surface area contributed by atoms with Gasteiger partial charge in [0.2, 0.25) is 17.7 Å². The maximum Gasteiger partial charge on any atom is 0.326 e. The summed E-state index contributed by atoms with van der Waals surface area (Å²) in [4.78, 5) is 63.5. The lowest BCUT2D eigenvalue weighted by molar-refractivity contribution is -0.143. The molecule has 1 aromatic carbocycles. The van der Waals surface area contributed by atoms with Gasteiger partial charge < -0.3 is 36.9 Å². The van der Waals surface area contributed by atoms with Gasteiger partial charge in [0.15, 0.2) is 0 Å². The first-order valence-corrected chi connectivity index (χ1v) is 12.6. The summed E-state index contributed by atoms with van der Waals surface area (Å²) in [6.45, 7) is 1.32. The molecule has 0 radical (unpaired) electrons. The van der Waals surface area contributed by atoms with Gasteiger partial charge in [-0.25, -0.2) is 4.79 Å². The van der Waals surface area contributed by atoms with Crippen LogP contribution >= 0.6 is 11.8 Å². The van der Waals surface area contributed by atoms with Crippen molar-refractivity contribution in [1.29, 1.82) is 0 Å². The molecule has 1 aromatic heterocycles. The van der Waals surface area contributed by atoms with Gasteiger partial charge in [-0.05, 0) is 43.4 Å². The lowest BCUT2D eigenvalue weighted by atomic mass is 10.0. The number of nitrogens with two attached hydrogens (primary N) is 1. The molecule has 3 amide bonds. The van der Waals surface area contributed by atoms with Crippen molar-refractivity contribution in [2.75, 3.05) is 12.0 Å². The predicted octanol–water partition coefficient (Wildman–Crippen LogP) is -0.176. The highest BCUT2D eigenvalue weighted by Gasteiger charge is 2.30. The largest absolute Gasteiger partial charge is 0.481 e. The molecule has 196 valence electrons. The summed E-state index contributed by atoms with van der Waals surface area (Å²) in [5.74, 6) is -4.46. The van der Waals surface area contributed by atoms with E-state index in [1.165, 1.54) is 18.7 Å². The Morgan fingerprint density at radius 1 is 1.00 bits per heavy atom. The van der Waals surface area contributed by atoms with Crippen molar-refractivity contribution in [2.24, 2.45) is 5.73 Å². The highest BCUT2D eigenvalue weighted by Crippen LogP contribution is 2.18. The highest BCUT2D eigenvalue weighted by atomic mass is 32.2. The molecule has 12 nitrogen and oxygen atoms in total. The van der Waals surface area contributed by atoms with Crippen LogP contribution in [0.3, 0.4) is 0 Å². The number of carbonyl (C=O) groups is 5. The summed E-state index contributed by atoms with van der Waals surface area (Å²) in [5.41, 5.74) is 7.68. The molecule has 0 saturated heterocycles. The standard InChI is InChI=1S/C23H31N5O7S/c1-12(20(31)27-17(23(34)35)7-8-36-2)26-22(33)18(10-19(29)30)28-21(32)15(24)9-13-11-25-16-6-4-3-5-14(13)16/h3-6,11-12,15,17-18,25H,7-10,24H2,1-2H3,(H,26,33)(H,27,31)(H,28,32)(H,29,30)(H,34,35). The van der Waals surface area contributed by atoms with E-state index in [1.54, 1.807) is 12.5 Å². The number of carbonyl (C=O) groups excluding carboxylic acids is 3. The van der Waals surface area contributed by atoms with Gasteiger partial charge in [0.05, 0.1) is 12.5 Å². The summed E-state index contributed by atoms with van der Waals surface area (Å²) >= 11 is 1.42. The third kappa shape index (κ3) is 8.27. The number of aromatic amines is 1. The van der Waals surface area contributed by atoms with E-state index >= 15 is 0 Å². The number of thioether (sulfide) groups is 1. The third-order valence-corrected chi connectivity index (χ3v) is 6.08. The van der Waals surface area contributed by atoms with Crippen LogP contribution in [-0.4, -0.2) is 81.0 Å². The third-order valence-electron chi connectivity index (χ3n) is 5.44. The first kappa shape index (κ1) is 28.7. The van der Waals surface area contributed by atoms with E-state index < -0.39 is 60.2 Å². The Labute approximate surface area is 211 Å². The number of nitrogens with one attached hydrogen (secondary N) is 4. The second-order valence-corrected chi connectivity index (χ2v) is 9.23. The fourth-order valence-electron chi connectivity index (χ4n) is 3.46. The number of para-hydroxylation sites is 1. The van der Waals surface area contributed by atoms with E-state index in [1.807, 2.05) is 24.3 Å². The normalized spacial score (nSPS) is 14.3. The van der Waals surface area contributed by atoms with Crippen LogP contribution in [0.5, 0.6) is 0 Å². The fraction of sp³-hybridized carbons (Fsp3) is 0.435. The molecule has 0 aliphatic carbocycles. The van der Waals surface area contributed by atoms with Gasteiger partial charge in [-0.1, -0.05) is 18.2 Å². The van der Waals surface area contributed by atoms with Crippen LogP contribution in [0.1, 0.15) is 25.3 Å². The number of hydrogen-bond acceptors (Lipinski definition) is 7. The maximum atomic E-state index is 12.7. The molecule has 8 N–H and O–H groups in total. The van der Waals surface area contributed by atoms with E-state index in [0.29, 0.717) is 5.75 Å². The van der Waals surface area contributed by atoms with Crippen molar-refractivity contribution in [2.45, 2.75) is 50.4 Å². The van der Waals surface area contributed by atoms with Crippen molar-refractivity contribution in [3.8, 4) is 0 Å². The number of carboxylic acid groups (broad SMARTS) is 2. The Kier molecular flexibility index (Phi) is 10.7. The number of aromatic nitrogens is 1. The lowest BCUT2D eigenvalue weighted by Crippen LogP contribution is -2.57. The van der Waals surface area contributed by atoms with E-state index in [9.17, 15) is 34.2 Å². The number of rotatable bonds is 14. The Balaban J connectivity index is 2.01. The molecule has 4 unspecified atom stereocenters. The lowest BCUT2D eigenvalue weighted by Gasteiger charge is -2.22. The fourth-order valence-corrected chi connectivity index (χ4v) is 3.93. The van der Waals surface area contributed by atoms with Gasteiger partial charge in [-0.2, -0.15) is 11.8 Å². The van der Waals surface area contributed by atoms with Gasteiger partial charge in [0, 0.05) is 17.1 Å². The first-order chi connectivity index (χ1) is 17.0. The molecule has 2 aromatic rings. The minimum atomic E-state index is -1.49. The quantitative estimate of drug-likeness (QED) is 0.176. The van der Waals surface area contributed by atoms with Crippen LogP contribution in [0.25, 0.3) is 10.9 Å². The number of aliphatic carboxylic acids is 2. The van der Waals surface area contributed by atoms with Crippen molar-refractivity contribution in [3.05, 3.63) is 36.0 Å². The van der Waals surface area contributed by atoms with Crippen LogP contribution in [0.15, 0.2) is 30.5 Å². The summed E-state index contributed by atoms with van der Waals surface area (Å²) < 4.78 is 0. The second-order valence-electron chi connectivity index (χ2n) is 8.24. The van der Waals surface area contributed by atoms with Crippen LogP contribution in [-0.2, 0) is 30.4 Å². The number of carboxylic acids is 2. The predicted molar refractivity (Wildman–Crippen MR) is 134 cm³/mol. The molecule has 13 heteroatoms. The molecule has 4 atom stereocenters. The second kappa shape index (κ2) is 13.5. The number of amides is 3. The molecular formula is C23H31N5O7S. The van der Waals surface area contributed by atoms with E-state index in [4.69, 9.17) is 5.73 Å². The van der Waals surface area contributed by atoms with Crippen LogP contribution < -0.4 is 21.7 Å². The van der Waals surface area contributed by atoms with Gasteiger partial charge in [-0.15, -0.1) is 0 Å². The Morgan fingerprint density at radius 2 is 1.67 bits per heavy atom. The minimum absolute atomic E-state index is 0.142. The van der Waals surface area contributed by atoms with Crippen molar-refractivity contribution in [1.82, 2.24) is 20.9 Å². The molecule has 0 bridgehead atoms. The van der Waals surface area contributed by atoms with Crippen molar-refractivity contribution < 1.29 is 34.2 Å². The summed E-state index contributed by atoms with van der Waals surface area (Å²) in [5, 5.41) is 26.4. The molecule has 0 spiro atoms. The number of hydrogen-bond donors (Lipinski definition) is 7. The maximum absolute atomic E-state index is 12.7. The van der Waals surface area contributed by atoms with Gasteiger partial charge >= 0.3 is 11.9 Å². The zero-order valence-electron chi connectivity index (χ0n) is 19.9. The Hall–Kier alpha value is -3.58. The monoisotopic (exact) mass is 521 g/mol. The van der Waals surface area contributed by atoms with Crippen molar-refractivity contribution in [3.63, 3.8) is 0 Å². The van der Waals surface area contributed by atoms with Gasteiger partial charge in [0.25, 0.3) is 0 Å². The number of H-pyrrole nitrogens is 1. The zero-order valence-corrected chi connectivity index (χ0v) is 20.8. The zero-order chi connectivity index (χ0) is 26.8. The highest BCUT2D eigenvalue weighted by molar-refractivity contribution is 7.98. The van der Waals surface area contributed by atoms with Crippen LogP contribution in [0.2, 0.25) is 0 Å². The summed E-state index contributed by atoms with van der Waals surface area (Å²) in [6, 6.07) is 2.57. The van der Waals surface area contributed by atoms with E-state index in [-0.39, 0.29) is 12.8 Å². The average molecular weight is 522 g/mol. The van der Waals surface area contributed by atoms with E-state index in [0.717, 1.165) is 16.5 Å². The molecule has 1 heterocycles. The van der Waals surface area contributed by atoms with E-state index in [2.05, 4.69) is 20.9 Å². The first-order valence-electron chi connectivity index (χ1n) is 11.2. The minimum Gasteiger partial charge on any atom is -0.481 e. The molecule has 0 fully saturated rings. The molecule has 0 saturated carbocycles. The topological polar surface area (TPSA) is 204 Å². The van der Waals surface area contributed by atoms with Crippen LogP contribution in [0.4, 0.5) is 0 Å². The summed E-state index contributed by atoms with van der Waals surface area (Å²) in [6.07, 6.45) is 3.12. The van der Waals surface area contributed by atoms with Gasteiger partial charge in [-0.3, -0.25) is 19.2 Å². The number of benzene rings is 1. The molecule has 0 aliphatic rings. The Morgan fingerprint density at radius 3 is 2.31 bits per heavy atom. The number of fused-ring (bicyclic) bond motifs is 1. The SMILES string of the molecule is CSCCC(NC(=O)C(C)NC(=O)C(CC(=O)O)NC(=O)C(N)Cc1c[nH]c2ccccc12)C(=O)O. The van der Waals surface area contributed by atoms with Crippen molar-refractivity contribution >= 4 is 52.3 Å². The van der Waals surface area contributed by atoms with Gasteiger partial charge in [0.1, 0.15) is 18.1 Å². The molecule has 36 heavy (non-hydrogen) atoms. The average Bonchev–Trinajstić information content (AvgIpc) is 3.23. The van der Waals surface area contributed by atoms with Crippen LogP contribution in [0, 0.1) is 0 Å². The molecular weight excluding hydrogens is 490 g/mol. The Bertz CT molecular complexity index is 1110. The smallest absolute Gasteiger partial charge is 0.326 e. The summed E-state index contributed by atoms with van der Waals surface area (Å²) in [7, 11) is 0. The molecule has 0 aliphatic heterocycles. The molecule has 2 rings (SSSR count).